The van der Waals surface area contributed by atoms with Crippen molar-refractivity contribution in [3.63, 3.8) is 0 Å². The highest BCUT2D eigenvalue weighted by molar-refractivity contribution is 6.07. The molecule has 0 atom stereocenters. The lowest BCUT2D eigenvalue weighted by Gasteiger charge is -2.11. The number of esters is 2. The molecule has 0 radical (unpaired) electrons. The number of rotatable bonds is 2. The van der Waals surface area contributed by atoms with Gasteiger partial charge in [-0.2, -0.15) is 0 Å². The Bertz CT molecular complexity index is 1100. The minimum atomic E-state index is -0.566. The number of carbonyl (C=O) groups excluding carboxylic acids is 2. The summed E-state index contributed by atoms with van der Waals surface area (Å²) in [6, 6.07) is 3.25. The van der Waals surface area contributed by atoms with Crippen LogP contribution in [0.2, 0.25) is 0 Å². The number of ether oxygens (including phenoxy) is 2. The second kappa shape index (κ2) is 5.77. The van der Waals surface area contributed by atoms with Gasteiger partial charge in [0, 0.05) is 43.6 Å². The number of pyridine rings is 1. The lowest BCUT2D eigenvalue weighted by atomic mass is 10.1. The summed E-state index contributed by atoms with van der Waals surface area (Å²) in [4.78, 5) is 35.5. The lowest BCUT2D eigenvalue weighted by molar-refractivity contribution is -0.134. The van der Waals surface area contributed by atoms with Crippen molar-refractivity contribution in [1.82, 2.24) is 4.57 Å². The summed E-state index contributed by atoms with van der Waals surface area (Å²) in [5.74, 6) is -0.955. The van der Waals surface area contributed by atoms with Crippen LogP contribution in [0.15, 0.2) is 21.3 Å². The Kier molecular flexibility index (Phi) is 3.87. The van der Waals surface area contributed by atoms with Crippen LogP contribution in [0.1, 0.15) is 25.1 Å². The quantitative estimate of drug-likeness (QED) is 0.525. The van der Waals surface area contributed by atoms with Gasteiger partial charge in [0.15, 0.2) is 11.5 Å². The van der Waals surface area contributed by atoms with Crippen molar-refractivity contribution in [2.45, 2.75) is 27.7 Å². The fourth-order valence-electron chi connectivity index (χ4n) is 2.80. The van der Waals surface area contributed by atoms with E-state index in [0.717, 1.165) is 5.69 Å². The van der Waals surface area contributed by atoms with E-state index in [1.165, 1.54) is 24.5 Å². The summed E-state index contributed by atoms with van der Waals surface area (Å²) < 4.78 is 17.7. The smallest absolute Gasteiger partial charge is 0.308 e. The fourth-order valence-corrected chi connectivity index (χ4v) is 2.80. The molecule has 0 aliphatic rings. The Morgan fingerprint density at radius 1 is 1.08 bits per heavy atom. The van der Waals surface area contributed by atoms with Crippen LogP contribution in [0.4, 0.5) is 0 Å². The van der Waals surface area contributed by atoms with E-state index < -0.39 is 11.9 Å². The van der Waals surface area contributed by atoms with Crippen LogP contribution in [0.5, 0.6) is 11.5 Å². The van der Waals surface area contributed by atoms with Crippen LogP contribution in [0, 0.1) is 13.8 Å². The maximum Gasteiger partial charge on any atom is 0.308 e. The molecule has 0 N–H and O–H groups in total. The van der Waals surface area contributed by atoms with E-state index in [0.29, 0.717) is 27.5 Å². The van der Waals surface area contributed by atoms with Gasteiger partial charge in [-0.1, -0.05) is 0 Å². The van der Waals surface area contributed by atoms with Gasteiger partial charge in [-0.05, 0) is 19.9 Å². The van der Waals surface area contributed by atoms with Crippen LogP contribution >= 0.6 is 0 Å². The van der Waals surface area contributed by atoms with Crippen molar-refractivity contribution < 1.29 is 23.5 Å². The third-order valence-corrected chi connectivity index (χ3v) is 4.04. The van der Waals surface area contributed by atoms with Gasteiger partial charge in [-0.3, -0.25) is 14.4 Å². The molecule has 0 spiro atoms. The maximum absolute atomic E-state index is 12.6. The van der Waals surface area contributed by atoms with Crippen LogP contribution < -0.4 is 15.0 Å². The van der Waals surface area contributed by atoms with Crippen molar-refractivity contribution in [2.24, 2.45) is 7.05 Å². The number of nitrogens with zero attached hydrogens (tertiary/aromatic N) is 1. The Hall–Kier alpha value is -3.09. The summed E-state index contributed by atoms with van der Waals surface area (Å²) >= 11 is 0. The summed E-state index contributed by atoms with van der Waals surface area (Å²) in [5, 5.41) is 0.884. The Morgan fingerprint density at radius 3 is 2.32 bits per heavy atom. The number of fused-ring (bicyclic) bond motifs is 3. The standard InChI is InChI=1S/C18H17NO6/c1-8-6-13-15(18(22)19(8)5)12-7-14(23-10(3)20)17(24-11(4)21)9(2)16(12)25-13/h6-7H,1-5H3. The number of aromatic nitrogens is 1. The van der Waals surface area contributed by atoms with E-state index >= 15 is 0 Å². The van der Waals surface area contributed by atoms with Crippen molar-refractivity contribution in [3.8, 4) is 11.5 Å². The van der Waals surface area contributed by atoms with E-state index in [9.17, 15) is 14.4 Å². The number of furan rings is 1. The molecule has 3 rings (SSSR count). The molecule has 0 bridgehead atoms. The summed E-state index contributed by atoms with van der Waals surface area (Å²) in [6.07, 6.45) is 0. The first-order valence-electron chi connectivity index (χ1n) is 7.64. The van der Waals surface area contributed by atoms with Gasteiger partial charge >= 0.3 is 11.9 Å². The monoisotopic (exact) mass is 343 g/mol. The van der Waals surface area contributed by atoms with E-state index in [-0.39, 0.29) is 17.1 Å². The average molecular weight is 343 g/mol. The predicted molar refractivity (Wildman–Crippen MR) is 91.1 cm³/mol. The molecule has 0 aliphatic heterocycles. The van der Waals surface area contributed by atoms with Crippen molar-refractivity contribution in [1.29, 1.82) is 0 Å². The molecular weight excluding hydrogens is 326 g/mol. The molecule has 0 saturated carbocycles. The number of hydrogen-bond donors (Lipinski definition) is 0. The number of hydrogen-bond acceptors (Lipinski definition) is 6. The Balaban J connectivity index is 2.46. The van der Waals surface area contributed by atoms with Gasteiger partial charge in [0.2, 0.25) is 0 Å². The largest absolute Gasteiger partial charge is 0.455 e. The predicted octanol–water partition coefficient (Wildman–Crippen LogP) is 2.75. The molecule has 0 fully saturated rings. The number of benzene rings is 1. The molecular formula is C18H17NO6. The molecule has 0 aliphatic carbocycles. The molecule has 1 aromatic carbocycles. The molecule has 0 unspecified atom stereocenters. The highest BCUT2D eigenvalue weighted by Gasteiger charge is 2.22. The van der Waals surface area contributed by atoms with Gasteiger partial charge in [0.1, 0.15) is 11.2 Å². The van der Waals surface area contributed by atoms with E-state index in [2.05, 4.69) is 0 Å². The van der Waals surface area contributed by atoms with Gasteiger partial charge < -0.3 is 18.5 Å². The molecule has 0 saturated heterocycles. The highest BCUT2D eigenvalue weighted by atomic mass is 16.6. The van der Waals surface area contributed by atoms with E-state index in [1.54, 1.807) is 27.0 Å². The number of carbonyl (C=O) groups is 2. The topological polar surface area (TPSA) is 87.7 Å². The molecule has 7 nitrogen and oxygen atoms in total. The Labute approximate surface area is 142 Å². The van der Waals surface area contributed by atoms with Crippen LogP contribution in [-0.4, -0.2) is 16.5 Å². The Morgan fingerprint density at radius 2 is 1.72 bits per heavy atom. The third kappa shape index (κ3) is 2.67. The van der Waals surface area contributed by atoms with E-state index in [4.69, 9.17) is 13.9 Å². The van der Waals surface area contributed by atoms with Crippen molar-refractivity contribution >= 4 is 33.9 Å². The molecule has 25 heavy (non-hydrogen) atoms. The highest BCUT2D eigenvalue weighted by Crippen LogP contribution is 2.41. The summed E-state index contributed by atoms with van der Waals surface area (Å²) in [6.45, 7) is 5.97. The molecule has 3 aromatic rings. The summed E-state index contributed by atoms with van der Waals surface area (Å²) in [5.41, 5.74) is 1.83. The summed E-state index contributed by atoms with van der Waals surface area (Å²) in [7, 11) is 1.67. The van der Waals surface area contributed by atoms with Crippen LogP contribution in [0.25, 0.3) is 21.9 Å². The van der Waals surface area contributed by atoms with E-state index in [1.807, 2.05) is 0 Å². The number of aryl methyl sites for hydroxylation is 2. The van der Waals surface area contributed by atoms with Crippen LogP contribution in [-0.2, 0) is 16.6 Å². The first-order chi connectivity index (χ1) is 11.7. The molecule has 0 amide bonds. The normalized spacial score (nSPS) is 11.1. The first kappa shape index (κ1) is 16.8. The SMILES string of the molecule is CC(=O)Oc1cc2c(oc3cc(C)n(C)c(=O)c32)c(C)c1OC(C)=O. The minimum Gasteiger partial charge on any atom is -0.455 e. The zero-order valence-corrected chi connectivity index (χ0v) is 14.6. The zero-order chi connectivity index (χ0) is 18.5. The van der Waals surface area contributed by atoms with Gasteiger partial charge in [0.05, 0.1) is 5.39 Å². The van der Waals surface area contributed by atoms with Crippen LogP contribution in [0.3, 0.4) is 0 Å². The second-order valence-corrected chi connectivity index (χ2v) is 5.88. The minimum absolute atomic E-state index is 0.0676. The van der Waals surface area contributed by atoms with Gasteiger partial charge in [-0.25, -0.2) is 0 Å². The average Bonchev–Trinajstić information content (AvgIpc) is 2.86. The maximum atomic E-state index is 12.6. The molecule has 7 heteroatoms. The zero-order valence-electron chi connectivity index (χ0n) is 14.6. The lowest BCUT2D eigenvalue weighted by Crippen LogP contribution is -2.18. The second-order valence-electron chi connectivity index (χ2n) is 5.88. The first-order valence-corrected chi connectivity index (χ1v) is 7.64. The molecule has 2 aromatic heterocycles. The molecule has 130 valence electrons. The fraction of sp³-hybridized carbons (Fsp3) is 0.278. The van der Waals surface area contributed by atoms with Crippen molar-refractivity contribution in [2.75, 3.05) is 0 Å². The van der Waals surface area contributed by atoms with Gasteiger partial charge in [0.25, 0.3) is 5.56 Å². The third-order valence-electron chi connectivity index (χ3n) is 4.04. The molecule has 2 heterocycles. The van der Waals surface area contributed by atoms with Gasteiger partial charge in [-0.15, -0.1) is 0 Å². The van der Waals surface area contributed by atoms with Crippen molar-refractivity contribution in [3.05, 3.63) is 33.7 Å².